The molecule has 0 spiro atoms. The largest absolute Gasteiger partial charge is 0.371 e. The van der Waals surface area contributed by atoms with Crippen LogP contribution in [0.4, 0.5) is 11.4 Å². The van der Waals surface area contributed by atoms with Gasteiger partial charge in [0.25, 0.3) is 5.56 Å². The van der Waals surface area contributed by atoms with E-state index in [0.29, 0.717) is 17.7 Å². The standard InChI is InChI=1S/C21H24N4O2/c1-14-18(15(2)23-21(27)19(14)13-22)8-9-20(26)24-16-6-5-7-17(12-16)25-10-3-4-11-25/h5-7,12H,3-4,8-11H2,1-2H3,(H,23,27)(H,24,26). The van der Waals surface area contributed by atoms with Gasteiger partial charge in [0.05, 0.1) is 0 Å². The molecule has 0 aliphatic carbocycles. The topological polar surface area (TPSA) is 89.0 Å². The minimum atomic E-state index is -0.376. The van der Waals surface area contributed by atoms with Gasteiger partial charge in [-0.1, -0.05) is 6.07 Å². The second-order valence-corrected chi connectivity index (χ2v) is 6.96. The Morgan fingerprint density at radius 3 is 2.74 bits per heavy atom. The first-order chi connectivity index (χ1) is 13.0. The summed E-state index contributed by atoms with van der Waals surface area (Å²) in [5.74, 6) is -0.0860. The Morgan fingerprint density at radius 1 is 1.30 bits per heavy atom. The van der Waals surface area contributed by atoms with Gasteiger partial charge in [-0.15, -0.1) is 0 Å². The van der Waals surface area contributed by atoms with Gasteiger partial charge in [0, 0.05) is 36.6 Å². The third-order valence-electron chi connectivity index (χ3n) is 5.12. The maximum Gasteiger partial charge on any atom is 0.266 e. The molecule has 1 aromatic heterocycles. The number of hydrogen-bond donors (Lipinski definition) is 2. The van der Waals surface area contributed by atoms with Crippen LogP contribution in [0.1, 0.15) is 41.6 Å². The molecule has 1 fully saturated rings. The van der Waals surface area contributed by atoms with Gasteiger partial charge in [0.2, 0.25) is 5.91 Å². The minimum absolute atomic E-state index is 0.0860. The van der Waals surface area contributed by atoms with Crippen molar-refractivity contribution in [2.45, 2.75) is 39.5 Å². The molecule has 0 saturated carbocycles. The van der Waals surface area contributed by atoms with Crippen LogP contribution < -0.4 is 15.8 Å². The van der Waals surface area contributed by atoms with E-state index in [2.05, 4.69) is 21.3 Å². The predicted octanol–water partition coefficient (Wildman–Crippen LogP) is 3.03. The molecule has 1 aliphatic heterocycles. The molecular weight excluding hydrogens is 340 g/mol. The van der Waals surface area contributed by atoms with E-state index in [-0.39, 0.29) is 23.5 Å². The second-order valence-electron chi connectivity index (χ2n) is 6.96. The number of aromatic amines is 1. The van der Waals surface area contributed by atoms with Crippen LogP contribution in [0.5, 0.6) is 0 Å². The number of carbonyl (C=O) groups is 1. The first kappa shape index (κ1) is 18.7. The van der Waals surface area contributed by atoms with E-state index in [9.17, 15) is 9.59 Å². The van der Waals surface area contributed by atoms with Crippen molar-refractivity contribution in [3.63, 3.8) is 0 Å². The molecule has 1 aliphatic rings. The normalized spacial score (nSPS) is 13.4. The summed E-state index contributed by atoms with van der Waals surface area (Å²) < 4.78 is 0. The summed E-state index contributed by atoms with van der Waals surface area (Å²) in [6.45, 7) is 5.67. The van der Waals surface area contributed by atoms with E-state index in [4.69, 9.17) is 5.26 Å². The molecule has 27 heavy (non-hydrogen) atoms. The molecule has 0 bridgehead atoms. The van der Waals surface area contributed by atoms with Crippen molar-refractivity contribution in [1.82, 2.24) is 4.98 Å². The Kier molecular flexibility index (Phi) is 5.60. The monoisotopic (exact) mass is 364 g/mol. The number of nitrogens with one attached hydrogen (secondary N) is 2. The minimum Gasteiger partial charge on any atom is -0.371 e. The molecule has 6 heteroatoms. The summed E-state index contributed by atoms with van der Waals surface area (Å²) in [7, 11) is 0. The van der Waals surface area contributed by atoms with Crippen molar-refractivity contribution in [2.24, 2.45) is 0 Å². The van der Waals surface area contributed by atoms with Crippen LogP contribution in [-0.4, -0.2) is 24.0 Å². The van der Waals surface area contributed by atoms with Crippen molar-refractivity contribution in [1.29, 1.82) is 5.26 Å². The zero-order chi connectivity index (χ0) is 19.4. The second kappa shape index (κ2) is 8.09. The summed E-state index contributed by atoms with van der Waals surface area (Å²) in [6.07, 6.45) is 3.17. The van der Waals surface area contributed by atoms with Crippen LogP contribution in [0.2, 0.25) is 0 Å². The zero-order valence-electron chi connectivity index (χ0n) is 15.8. The quantitative estimate of drug-likeness (QED) is 0.853. The average molecular weight is 364 g/mol. The molecule has 3 rings (SSSR count). The molecule has 6 nitrogen and oxygen atoms in total. The fraction of sp³-hybridized carbons (Fsp3) is 0.381. The molecule has 1 aromatic carbocycles. The lowest BCUT2D eigenvalue weighted by molar-refractivity contribution is -0.116. The molecule has 0 atom stereocenters. The number of aryl methyl sites for hydroxylation is 1. The lowest BCUT2D eigenvalue weighted by Crippen LogP contribution is -2.19. The molecule has 0 unspecified atom stereocenters. The van der Waals surface area contributed by atoms with Crippen molar-refractivity contribution in [2.75, 3.05) is 23.3 Å². The summed E-state index contributed by atoms with van der Waals surface area (Å²) in [5, 5.41) is 12.1. The number of carbonyl (C=O) groups excluding carboxylic acids is 1. The Labute approximate surface area is 158 Å². The van der Waals surface area contributed by atoms with Crippen LogP contribution >= 0.6 is 0 Å². The zero-order valence-corrected chi connectivity index (χ0v) is 15.8. The maximum atomic E-state index is 12.4. The molecule has 1 saturated heterocycles. The van der Waals surface area contributed by atoms with Crippen LogP contribution in [-0.2, 0) is 11.2 Å². The average Bonchev–Trinajstić information content (AvgIpc) is 3.16. The number of aromatic nitrogens is 1. The van der Waals surface area contributed by atoms with Gasteiger partial charge in [-0.2, -0.15) is 5.26 Å². The molecular formula is C21H24N4O2. The first-order valence-corrected chi connectivity index (χ1v) is 9.27. The highest BCUT2D eigenvalue weighted by Crippen LogP contribution is 2.23. The number of nitrogens with zero attached hydrogens (tertiary/aromatic N) is 2. The van der Waals surface area contributed by atoms with Gasteiger partial charge in [-0.05, 0) is 62.4 Å². The van der Waals surface area contributed by atoms with Gasteiger partial charge in [0.15, 0.2) is 0 Å². The Morgan fingerprint density at radius 2 is 2.04 bits per heavy atom. The molecule has 2 heterocycles. The number of anilines is 2. The number of H-pyrrole nitrogens is 1. The van der Waals surface area contributed by atoms with Crippen molar-refractivity contribution in [3.8, 4) is 6.07 Å². The maximum absolute atomic E-state index is 12.4. The number of rotatable bonds is 5. The van der Waals surface area contributed by atoms with Crippen molar-refractivity contribution < 1.29 is 4.79 Å². The number of hydrogen-bond acceptors (Lipinski definition) is 4. The number of nitriles is 1. The molecule has 140 valence electrons. The van der Waals surface area contributed by atoms with Crippen LogP contribution in [0.25, 0.3) is 0 Å². The third-order valence-corrected chi connectivity index (χ3v) is 5.12. The fourth-order valence-corrected chi connectivity index (χ4v) is 3.64. The smallest absolute Gasteiger partial charge is 0.266 e. The predicted molar refractivity (Wildman–Crippen MR) is 106 cm³/mol. The summed E-state index contributed by atoms with van der Waals surface area (Å²) >= 11 is 0. The van der Waals surface area contributed by atoms with Crippen LogP contribution in [0, 0.1) is 25.2 Å². The highest BCUT2D eigenvalue weighted by Gasteiger charge is 2.15. The van der Waals surface area contributed by atoms with Crippen LogP contribution in [0.15, 0.2) is 29.1 Å². The Bertz CT molecular complexity index is 950. The van der Waals surface area contributed by atoms with E-state index in [1.54, 1.807) is 13.8 Å². The van der Waals surface area contributed by atoms with Gasteiger partial charge in [0.1, 0.15) is 11.6 Å². The number of pyridine rings is 1. The van der Waals surface area contributed by atoms with Gasteiger partial charge in [-0.25, -0.2) is 0 Å². The molecule has 0 radical (unpaired) electrons. The van der Waals surface area contributed by atoms with E-state index in [1.165, 1.54) is 12.8 Å². The van der Waals surface area contributed by atoms with Crippen molar-refractivity contribution in [3.05, 3.63) is 57.0 Å². The third kappa shape index (κ3) is 4.20. The summed E-state index contributed by atoms with van der Waals surface area (Å²) in [4.78, 5) is 29.2. The van der Waals surface area contributed by atoms with Gasteiger partial charge < -0.3 is 15.2 Å². The van der Waals surface area contributed by atoms with E-state index in [0.717, 1.165) is 30.0 Å². The lowest BCUT2D eigenvalue weighted by atomic mass is 9.99. The van der Waals surface area contributed by atoms with E-state index >= 15 is 0 Å². The molecule has 1 amide bonds. The van der Waals surface area contributed by atoms with Gasteiger partial charge >= 0.3 is 0 Å². The van der Waals surface area contributed by atoms with Crippen LogP contribution in [0.3, 0.4) is 0 Å². The number of amides is 1. The lowest BCUT2D eigenvalue weighted by Gasteiger charge is -2.18. The Hall–Kier alpha value is -3.07. The summed E-state index contributed by atoms with van der Waals surface area (Å²) in [5.41, 5.74) is 3.89. The Balaban J connectivity index is 1.66. The highest BCUT2D eigenvalue weighted by molar-refractivity contribution is 5.91. The van der Waals surface area contributed by atoms with E-state index in [1.807, 2.05) is 24.3 Å². The number of benzene rings is 1. The van der Waals surface area contributed by atoms with Gasteiger partial charge in [-0.3, -0.25) is 9.59 Å². The fourth-order valence-electron chi connectivity index (χ4n) is 3.64. The first-order valence-electron chi connectivity index (χ1n) is 9.27. The highest BCUT2D eigenvalue weighted by atomic mass is 16.1. The molecule has 2 aromatic rings. The SMILES string of the molecule is Cc1[nH]c(=O)c(C#N)c(C)c1CCC(=O)Nc1cccc(N2CCCC2)c1. The molecule has 2 N–H and O–H groups in total. The van der Waals surface area contributed by atoms with Crippen molar-refractivity contribution >= 4 is 17.3 Å². The summed E-state index contributed by atoms with van der Waals surface area (Å²) in [6, 6.07) is 9.86. The van der Waals surface area contributed by atoms with E-state index < -0.39 is 0 Å².